The van der Waals surface area contributed by atoms with Crippen molar-refractivity contribution in [3.63, 3.8) is 0 Å². The molecule has 82 valence electrons. The predicted octanol–water partition coefficient (Wildman–Crippen LogP) is 2.01. The van der Waals surface area contributed by atoms with Gasteiger partial charge in [0.05, 0.1) is 6.61 Å². The van der Waals surface area contributed by atoms with E-state index < -0.39 is 0 Å². The van der Waals surface area contributed by atoms with Gasteiger partial charge < -0.3 is 9.47 Å². The third-order valence-electron chi connectivity index (χ3n) is 1.85. The van der Waals surface area contributed by atoms with E-state index in [2.05, 4.69) is 0 Å². The van der Waals surface area contributed by atoms with Gasteiger partial charge in [-0.2, -0.15) is 0 Å². The minimum absolute atomic E-state index is 0.127. The monoisotopic (exact) mass is 208 g/mol. The molecule has 0 N–H and O–H groups in total. The molecule has 0 aromatic rings. The number of carbonyl (C=O) groups is 1. The van der Waals surface area contributed by atoms with Crippen LogP contribution in [0.5, 0.6) is 0 Å². The Morgan fingerprint density at radius 2 is 2.27 bits per heavy atom. The van der Waals surface area contributed by atoms with Gasteiger partial charge in [-0.05, 0) is 13.8 Å². The Bertz CT molecular complexity index is 296. The van der Waals surface area contributed by atoms with Gasteiger partial charge in [-0.25, -0.2) is 4.79 Å². The zero-order chi connectivity index (χ0) is 11.1. The molecular weight excluding hydrogens is 192 g/mol. The molecule has 0 radical (unpaired) electrons. The molecule has 3 nitrogen and oxygen atoms in total. The lowest BCUT2D eigenvalue weighted by Gasteiger charge is -1.96. The number of ether oxygens (including phenoxy) is 2. The summed E-state index contributed by atoms with van der Waals surface area (Å²) in [7, 11) is 0. The van der Waals surface area contributed by atoms with Crippen molar-refractivity contribution in [3.05, 3.63) is 36.0 Å². The van der Waals surface area contributed by atoms with Crippen molar-refractivity contribution in [2.75, 3.05) is 13.2 Å². The summed E-state index contributed by atoms with van der Waals surface area (Å²) in [6.07, 6.45) is 9.06. The van der Waals surface area contributed by atoms with Crippen LogP contribution >= 0.6 is 0 Å². The zero-order valence-corrected chi connectivity index (χ0v) is 9.10. The minimum atomic E-state index is -0.321. The predicted molar refractivity (Wildman–Crippen MR) is 58.4 cm³/mol. The zero-order valence-electron chi connectivity index (χ0n) is 9.10. The molecule has 0 aromatic carbocycles. The second kappa shape index (κ2) is 6.19. The molecule has 1 aliphatic rings. The second-order valence-corrected chi connectivity index (χ2v) is 3.36. The van der Waals surface area contributed by atoms with Crippen LogP contribution in [-0.2, 0) is 14.3 Å². The maximum atomic E-state index is 11.1. The molecular formula is C12H16O3. The number of allylic oxidation sites excluding steroid dienone is 5. The van der Waals surface area contributed by atoms with E-state index in [0.717, 1.165) is 5.57 Å². The van der Waals surface area contributed by atoms with Crippen molar-refractivity contribution >= 4 is 5.97 Å². The van der Waals surface area contributed by atoms with Crippen LogP contribution in [0.1, 0.15) is 13.8 Å². The quantitative estimate of drug-likeness (QED) is 0.300. The number of hydrogen-bond donors (Lipinski definition) is 0. The number of esters is 1. The Morgan fingerprint density at radius 3 is 2.87 bits per heavy atom. The molecule has 3 heteroatoms. The van der Waals surface area contributed by atoms with E-state index in [1.165, 1.54) is 6.08 Å². The average Bonchev–Trinajstić information content (AvgIpc) is 3.04. The largest absolute Gasteiger partial charge is 0.460 e. The molecule has 1 heterocycles. The summed E-state index contributed by atoms with van der Waals surface area (Å²) in [6.45, 7) is 4.93. The highest BCUT2D eigenvalue weighted by Crippen LogP contribution is 2.08. The van der Waals surface area contributed by atoms with Gasteiger partial charge in [0.1, 0.15) is 12.7 Å². The highest BCUT2D eigenvalue weighted by Gasteiger charge is 2.23. The Balaban J connectivity index is 2.25. The third-order valence-corrected chi connectivity index (χ3v) is 1.85. The standard InChI is InChI=1S/C12H16O3/c1-3-4-5-10(2)6-7-12(13)15-9-11-8-14-11/h3-7,11H,8-9H2,1-2H3. The van der Waals surface area contributed by atoms with Crippen molar-refractivity contribution in [1.29, 1.82) is 0 Å². The second-order valence-electron chi connectivity index (χ2n) is 3.36. The fraction of sp³-hybridized carbons (Fsp3) is 0.417. The topological polar surface area (TPSA) is 38.8 Å². The van der Waals surface area contributed by atoms with Gasteiger partial charge >= 0.3 is 5.97 Å². The van der Waals surface area contributed by atoms with Gasteiger partial charge in [-0.1, -0.05) is 29.9 Å². The Hall–Kier alpha value is -1.35. The molecule has 0 spiro atoms. The molecule has 0 amide bonds. The summed E-state index contributed by atoms with van der Waals surface area (Å²) in [5, 5.41) is 0. The first kappa shape index (κ1) is 11.7. The molecule has 0 aromatic heterocycles. The van der Waals surface area contributed by atoms with Crippen molar-refractivity contribution in [3.8, 4) is 0 Å². The maximum absolute atomic E-state index is 11.1. The molecule has 0 aliphatic carbocycles. The molecule has 1 rings (SSSR count). The van der Waals surface area contributed by atoms with E-state index in [-0.39, 0.29) is 12.1 Å². The summed E-state index contributed by atoms with van der Waals surface area (Å²) in [5.74, 6) is -0.321. The van der Waals surface area contributed by atoms with Crippen molar-refractivity contribution in [2.45, 2.75) is 20.0 Å². The average molecular weight is 208 g/mol. The molecule has 1 aliphatic heterocycles. The molecule has 15 heavy (non-hydrogen) atoms. The maximum Gasteiger partial charge on any atom is 0.330 e. The highest BCUT2D eigenvalue weighted by molar-refractivity contribution is 5.82. The van der Waals surface area contributed by atoms with E-state index in [1.807, 2.05) is 32.1 Å². The van der Waals surface area contributed by atoms with Crippen molar-refractivity contribution in [1.82, 2.24) is 0 Å². The number of hydrogen-bond acceptors (Lipinski definition) is 3. The SMILES string of the molecule is CC=CC=C(C)C=CC(=O)OCC1CO1. The van der Waals surface area contributed by atoms with Crippen molar-refractivity contribution < 1.29 is 14.3 Å². The van der Waals surface area contributed by atoms with E-state index in [9.17, 15) is 4.79 Å². The number of rotatable bonds is 5. The van der Waals surface area contributed by atoms with Gasteiger partial charge in [0.2, 0.25) is 0 Å². The summed E-state index contributed by atoms with van der Waals surface area (Å²) in [6, 6.07) is 0. The van der Waals surface area contributed by atoms with Gasteiger partial charge in [0.25, 0.3) is 0 Å². The summed E-state index contributed by atoms with van der Waals surface area (Å²) >= 11 is 0. The lowest BCUT2D eigenvalue weighted by Crippen LogP contribution is -2.06. The summed E-state index contributed by atoms with van der Waals surface area (Å²) < 4.78 is 9.84. The Morgan fingerprint density at radius 1 is 1.53 bits per heavy atom. The van der Waals surface area contributed by atoms with Crippen molar-refractivity contribution in [2.24, 2.45) is 0 Å². The smallest absolute Gasteiger partial charge is 0.330 e. The van der Waals surface area contributed by atoms with Gasteiger partial charge in [-0.3, -0.25) is 0 Å². The summed E-state index contributed by atoms with van der Waals surface area (Å²) in [4.78, 5) is 11.1. The lowest BCUT2D eigenvalue weighted by atomic mass is 10.2. The fourth-order valence-electron chi connectivity index (χ4n) is 0.891. The number of epoxide rings is 1. The van der Waals surface area contributed by atoms with E-state index >= 15 is 0 Å². The first-order valence-corrected chi connectivity index (χ1v) is 4.98. The summed E-state index contributed by atoms with van der Waals surface area (Å²) in [5.41, 5.74) is 1.01. The minimum Gasteiger partial charge on any atom is -0.460 e. The van der Waals surface area contributed by atoms with Crippen LogP contribution in [0.15, 0.2) is 36.0 Å². The van der Waals surface area contributed by atoms with Crippen LogP contribution in [0.4, 0.5) is 0 Å². The van der Waals surface area contributed by atoms with Crippen LogP contribution in [-0.4, -0.2) is 25.3 Å². The van der Waals surface area contributed by atoms with E-state index in [4.69, 9.17) is 9.47 Å². The van der Waals surface area contributed by atoms with Crippen LogP contribution in [0.25, 0.3) is 0 Å². The highest BCUT2D eigenvalue weighted by atomic mass is 16.6. The lowest BCUT2D eigenvalue weighted by molar-refractivity contribution is -0.138. The number of carbonyl (C=O) groups excluding carboxylic acids is 1. The van der Waals surface area contributed by atoms with Crippen LogP contribution in [0, 0.1) is 0 Å². The van der Waals surface area contributed by atoms with Crippen LogP contribution < -0.4 is 0 Å². The van der Waals surface area contributed by atoms with E-state index in [1.54, 1.807) is 6.08 Å². The van der Waals surface area contributed by atoms with Crippen LogP contribution in [0.2, 0.25) is 0 Å². The first-order chi connectivity index (χ1) is 7.22. The molecule has 1 atom stereocenters. The normalized spacial score (nSPS) is 21.2. The fourth-order valence-corrected chi connectivity index (χ4v) is 0.891. The molecule has 1 fully saturated rings. The first-order valence-electron chi connectivity index (χ1n) is 4.98. The van der Waals surface area contributed by atoms with Gasteiger partial charge in [0.15, 0.2) is 0 Å². The van der Waals surface area contributed by atoms with Gasteiger partial charge in [-0.15, -0.1) is 0 Å². The Labute approximate surface area is 90.1 Å². The molecule has 1 saturated heterocycles. The van der Waals surface area contributed by atoms with E-state index in [0.29, 0.717) is 13.2 Å². The molecule has 0 saturated carbocycles. The molecule has 1 unspecified atom stereocenters. The van der Waals surface area contributed by atoms with Gasteiger partial charge in [0, 0.05) is 6.08 Å². The molecule has 0 bridgehead atoms. The Kier molecular flexibility index (Phi) is 4.84. The van der Waals surface area contributed by atoms with Crippen LogP contribution in [0.3, 0.4) is 0 Å². The third kappa shape index (κ3) is 5.86.